The average molecular weight is 267 g/mol. The zero-order chi connectivity index (χ0) is 13.7. The minimum Gasteiger partial charge on any atom is -0.480 e. The number of aryl methyl sites for hydroxylation is 1. The van der Waals surface area contributed by atoms with E-state index in [1.807, 2.05) is 0 Å². The highest BCUT2D eigenvalue weighted by atomic mass is 16.5. The number of nitrogens with one attached hydrogen (secondary N) is 1. The largest absolute Gasteiger partial charge is 0.480 e. The summed E-state index contributed by atoms with van der Waals surface area (Å²) in [6.45, 7) is 1.14. The number of carboxylic acid groups (broad SMARTS) is 1. The van der Waals surface area contributed by atoms with Gasteiger partial charge in [0.2, 0.25) is 5.91 Å². The number of aliphatic carboxylic acids is 1. The van der Waals surface area contributed by atoms with Gasteiger partial charge in [-0.15, -0.1) is 0 Å². The van der Waals surface area contributed by atoms with Crippen LogP contribution in [0.4, 0.5) is 0 Å². The van der Waals surface area contributed by atoms with E-state index in [9.17, 15) is 14.7 Å². The molecule has 1 aliphatic rings. The molecule has 1 fully saturated rings. The monoisotopic (exact) mass is 267 g/mol. The van der Waals surface area contributed by atoms with Crippen LogP contribution in [0, 0.1) is 0 Å². The number of aromatic nitrogens is 2. The van der Waals surface area contributed by atoms with E-state index < -0.39 is 11.5 Å². The third-order valence-corrected chi connectivity index (χ3v) is 3.26. The number of amides is 1. The van der Waals surface area contributed by atoms with Gasteiger partial charge in [0.05, 0.1) is 0 Å². The van der Waals surface area contributed by atoms with E-state index >= 15 is 0 Å². The Bertz CT molecular complexity index is 438. The van der Waals surface area contributed by atoms with Crippen LogP contribution < -0.4 is 5.32 Å². The van der Waals surface area contributed by atoms with Gasteiger partial charge in [-0.3, -0.25) is 9.48 Å². The lowest BCUT2D eigenvalue weighted by molar-refractivity contribution is -0.152. The third-order valence-electron chi connectivity index (χ3n) is 3.26. The van der Waals surface area contributed by atoms with Crippen molar-refractivity contribution < 1.29 is 19.4 Å². The molecule has 1 amide bonds. The molecular weight excluding hydrogens is 250 g/mol. The van der Waals surface area contributed by atoms with Crippen LogP contribution >= 0.6 is 0 Å². The molecule has 1 aromatic rings. The Morgan fingerprint density at radius 1 is 1.42 bits per heavy atom. The van der Waals surface area contributed by atoms with E-state index in [2.05, 4.69) is 10.4 Å². The van der Waals surface area contributed by atoms with Crippen LogP contribution in [0.1, 0.15) is 19.3 Å². The van der Waals surface area contributed by atoms with Gasteiger partial charge in [0.1, 0.15) is 5.54 Å². The van der Waals surface area contributed by atoms with Gasteiger partial charge in [-0.2, -0.15) is 5.10 Å². The SMILES string of the molecule is O=C(CCn1cccn1)NC1(C(=O)O)CCOCC1. The Morgan fingerprint density at radius 2 is 2.16 bits per heavy atom. The fraction of sp³-hybridized carbons (Fsp3) is 0.583. The summed E-state index contributed by atoms with van der Waals surface area (Å²) < 4.78 is 6.78. The summed E-state index contributed by atoms with van der Waals surface area (Å²) in [5, 5.41) is 15.9. The zero-order valence-electron chi connectivity index (χ0n) is 10.5. The molecule has 0 aromatic carbocycles. The number of rotatable bonds is 5. The Balaban J connectivity index is 1.90. The van der Waals surface area contributed by atoms with Crippen LogP contribution in [-0.4, -0.2) is 45.5 Å². The fourth-order valence-corrected chi connectivity index (χ4v) is 2.09. The maximum atomic E-state index is 11.9. The Morgan fingerprint density at radius 3 is 2.74 bits per heavy atom. The first-order valence-corrected chi connectivity index (χ1v) is 6.22. The molecule has 0 saturated carbocycles. The van der Waals surface area contributed by atoms with Crippen molar-refractivity contribution in [2.75, 3.05) is 13.2 Å². The molecule has 7 nitrogen and oxygen atoms in total. The fourth-order valence-electron chi connectivity index (χ4n) is 2.09. The lowest BCUT2D eigenvalue weighted by Crippen LogP contribution is -2.57. The highest BCUT2D eigenvalue weighted by molar-refractivity contribution is 5.87. The van der Waals surface area contributed by atoms with Crippen molar-refractivity contribution in [2.24, 2.45) is 0 Å². The Hall–Kier alpha value is -1.89. The highest BCUT2D eigenvalue weighted by Gasteiger charge is 2.41. The van der Waals surface area contributed by atoms with Crippen molar-refractivity contribution >= 4 is 11.9 Å². The predicted molar refractivity (Wildman–Crippen MR) is 65.4 cm³/mol. The molecule has 0 spiro atoms. The quantitative estimate of drug-likeness (QED) is 0.784. The first-order chi connectivity index (χ1) is 9.12. The first kappa shape index (κ1) is 13.5. The van der Waals surface area contributed by atoms with Gasteiger partial charge in [-0.05, 0) is 6.07 Å². The summed E-state index contributed by atoms with van der Waals surface area (Å²) in [6.07, 6.45) is 4.20. The van der Waals surface area contributed by atoms with Gasteiger partial charge in [0, 0.05) is 51.4 Å². The molecule has 104 valence electrons. The van der Waals surface area contributed by atoms with Gasteiger partial charge < -0.3 is 15.2 Å². The van der Waals surface area contributed by atoms with E-state index in [1.165, 1.54) is 0 Å². The van der Waals surface area contributed by atoms with Crippen molar-refractivity contribution in [3.8, 4) is 0 Å². The third kappa shape index (κ3) is 3.31. The number of carbonyl (C=O) groups is 2. The number of hydrogen-bond acceptors (Lipinski definition) is 4. The van der Waals surface area contributed by atoms with Crippen molar-refractivity contribution in [2.45, 2.75) is 31.3 Å². The van der Waals surface area contributed by atoms with Gasteiger partial charge in [-0.1, -0.05) is 0 Å². The van der Waals surface area contributed by atoms with Gasteiger partial charge in [0.25, 0.3) is 0 Å². The molecule has 2 rings (SSSR count). The minimum atomic E-state index is -1.18. The summed E-state index contributed by atoms with van der Waals surface area (Å²) in [6, 6.07) is 1.77. The lowest BCUT2D eigenvalue weighted by atomic mass is 9.90. The second-order valence-electron chi connectivity index (χ2n) is 4.57. The topological polar surface area (TPSA) is 93.5 Å². The molecule has 1 aromatic heterocycles. The van der Waals surface area contributed by atoms with Gasteiger partial charge in [0.15, 0.2) is 0 Å². The predicted octanol–water partition coefficient (Wildman–Crippen LogP) is 0.0232. The van der Waals surface area contributed by atoms with Crippen LogP contribution in [-0.2, 0) is 20.9 Å². The Labute approximate surface area is 110 Å². The van der Waals surface area contributed by atoms with Crippen molar-refractivity contribution in [1.82, 2.24) is 15.1 Å². The Kier molecular flexibility index (Phi) is 4.16. The normalized spacial score (nSPS) is 17.9. The summed E-state index contributed by atoms with van der Waals surface area (Å²) in [4.78, 5) is 23.2. The number of carbonyl (C=O) groups excluding carboxylic acids is 1. The molecule has 1 aliphatic heterocycles. The molecular formula is C12H17N3O4. The average Bonchev–Trinajstić information content (AvgIpc) is 2.90. The van der Waals surface area contributed by atoms with E-state index in [1.54, 1.807) is 23.1 Å². The highest BCUT2D eigenvalue weighted by Crippen LogP contribution is 2.21. The molecule has 2 N–H and O–H groups in total. The molecule has 2 heterocycles. The first-order valence-electron chi connectivity index (χ1n) is 6.22. The summed E-state index contributed by atoms with van der Waals surface area (Å²) in [7, 11) is 0. The van der Waals surface area contributed by atoms with Crippen molar-refractivity contribution in [1.29, 1.82) is 0 Å². The number of nitrogens with zero attached hydrogens (tertiary/aromatic N) is 2. The zero-order valence-corrected chi connectivity index (χ0v) is 10.5. The molecule has 0 atom stereocenters. The second kappa shape index (κ2) is 5.83. The summed E-state index contributed by atoms with van der Waals surface area (Å²) in [5.74, 6) is -1.27. The van der Waals surface area contributed by atoms with E-state index in [0.717, 1.165) is 0 Å². The van der Waals surface area contributed by atoms with Crippen molar-refractivity contribution in [3.05, 3.63) is 18.5 Å². The summed E-state index contributed by atoms with van der Waals surface area (Å²) in [5.41, 5.74) is -1.18. The maximum Gasteiger partial charge on any atom is 0.329 e. The molecule has 7 heteroatoms. The molecule has 19 heavy (non-hydrogen) atoms. The van der Waals surface area contributed by atoms with E-state index in [-0.39, 0.29) is 12.3 Å². The lowest BCUT2D eigenvalue weighted by Gasteiger charge is -2.33. The van der Waals surface area contributed by atoms with Crippen LogP contribution in [0.15, 0.2) is 18.5 Å². The standard InChI is InChI=1S/C12H17N3O4/c16-10(2-7-15-6-1-5-13-15)14-12(11(17)18)3-8-19-9-4-12/h1,5-6H,2-4,7-9H2,(H,14,16)(H,17,18). The van der Waals surface area contributed by atoms with Gasteiger partial charge >= 0.3 is 5.97 Å². The summed E-state index contributed by atoms with van der Waals surface area (Å²) >= 11 is 0. The van der Waals surface area contributed by atoms with Crippen LogP contribution in [0.3, 0.4) is 0 Å². The molecule has 0 unspecified atom stereocenters. The smallest absolute Gasteiger partial charge is 0.329 e. The van der Waals surface area contributed by atoms with E-state index in [0.29, 0.717) is 32.6 Å². The van der Waals surface area contributed by atoms with Crippen LogP contribution in [0.2, 0.25) is 0 Å². The number of ether oxygens (including phenoxy) is 1. The molecule has 1 saturated heterocycles. The van der Waals surface area contributed by atoms with E-state index in [4.69, 9.17) is 4.74 Å². The molecule has 0 radical (unpaired) electrons. The van der Waals surface area contributed by atoms with Crippen molar-refractivity contribution in [3.63, 3.8) is 0 Å². The maximum absolute atomic E-state index is 11.9. The van der Waals surface area contributed by atoms with Crippen LogP contribution in [0.25, 0.3) is 0 Å². The second-order valence-corrected chi connectivity index (χ2v) is 4.57. The number of hydrogen-bond donors (Lipinski definition) is 2. The minimum absolute atomic E-state index is 0.206. The van der Waals surface area contributed by atoms with Gasteiger partial charge in [-0.25, -0.2) is 4.79 Å². The molecule has 0 aliphatic carbocycles. The van der Waals surface area contributed by atoms with Crippen LogP contribution in [0.5, 0.6) is 0 Å². The molecule has 0 bridgehead atoms. The number of carboxylic acids is 1.